The molecule has 0 N–H and O–H groups in total. The van der Waals surface area contributed by atoms with Gasteiger partial charge in [-0.2, -0.15) is 11.8 Å². The van der Waals surface area contributed by atoms with E-state index in [1.165, 1.54) is 23.6 Å². The molecule has 0 saturated heterocycles. The lowest BCUT2D eigenvalue weighted by atomic mass is 10.9. The molecule has 0 aliphatic rings. The predicted octanol–water partition coefficient (Wildman–Crippen LogP) is 3.30. The second-order valence-electron chi connectivity index (χ2n) is 3.97. The molecule has 1 nitrogen and oxygen atoms in total. The fourth-order valence-corrected chi connectivity index (χ4v) is 5.06. The van der Waals surface area contributed by atoms with Gasteiger partial charge in [-0.15, -0.1) is 0 Å². The van der Waals surface area contributed by atoms with Crippen LogP contribution in [-0.2, 0) is 4.79 Å². The Hall–Kier alpha value is 0.587. The Bertz CT molecular complexity index is 142. The van der Waals surface area contributed by atoms with Crippen molar-refractivity contribution in [3.63, 3.8) is 0 Å². The van der Waals surface area contributed by atoms with Gasteiger partial charge in [0.25, 0.3) is 0 Å². The Morgan fingerprint density at radius 1 is 1.33 bits per heavy atom. The third-order valence-electron chi connectivity index (χ3n) is 1.34. The number of carbonyl (C=O) groups excluding carboxylic acids is 1. The lowest BCUT2D eigenvalue weighted by Crippen LogP contribution is -2.19. The molecule has 0 saturated carbocycles. The molecule has 0 atom stereocenters. The van der Waals surface area contributed by atoms with Gasteiger partial charge in [-0.1, -0.05) is 31.4 Å². The van der Waals surface area contributed by atoms with Gasteiger partial charge in [0.1, 0.15) is 0 Å². The second-order valence-corrected chi connectivity index (χ2v) is 12.2. The molecule has 0 aromatic rings. The lowest BCUT2D eigenvalue weighted by molar-refractivity contribution is -0.109. The van der Waals surface area contributed by atoms with E-state index in [1.54, 1.807) is 6.92 Å². The van der Waals surface area contributed by atoms with Crippen molar-refractivity contribution in [3.05, 3.63) is 0 Å². The topological polar surface area (TPSA) is 17.1 Å². The van der Waals surface area contributed by atoms with E-state index in [4.69, 9.17) is 0 Å². The van der Waals surface area contributed by atoms with Crippen LogP contribution in [0.15, 0.2) is 0 Å². The quantitative estimate of drug-likeness (QED) is 0.404. The third kappa shape index (κ3) is 10.6. The zero-order valence-corrected chi connectivity index (χ0v) is 11.0. The Labute approximate surface area is 85.1 Å². The summed E-state index contributed by atoms with van der Waals surface area (Å²) in [6, 6.07) is 1.36. The number of thioether (sulfide) groups is 2. The number of hydrogen-bond acceptors (Lipinski definition) is 3. The minimum atomic E-state index is -0.849. The van der Waals surface area contributed by atoms with E-state index in [2.05, 4.69) is 19.6 Å². The number of hydrogen-bond donors (Lipinski definition) is 0. The number of carbonyl (C=O) groups is 1. The maximum atomic E-state index is 10.6. The Balaban J connectivity index is 3.17. The Kier molecular flexibility index (Phi) is 6.40. The smallest absolute Gasteiger partial charge is 0.186 e. The zero-order valence-electron chi connectivity index (χ0n) is 8.35. The summed E-state index contributed by atoms with van der Waals surface area (Å²) in [6.07, 6.45) is 0. The van der Waals surface area contributed by atoms with Crippen molar-refractivity contribution >= 4 is 36.7 Å². The van der Waals surface area contributed by atoms with Crippen molar-refractivity contribution in [2.75, 3.05) is 10.8 Å². The minimum absolute atomic E-state index is 0.232. The van der Waals surface area contributed by atoms with E-state index in [1.807, 2.05) is 11.8 Å². The molecule has 0 aromatic carbocycles. The Morgan fingerprint density at radius 2 is 1.92 bits per heavy atom. The third-order valence-corrected chi connectivity index (χ3v) is 5.49. The molecule has 0 aliphatic heterocycles. The standard InChI is InChI=1S/C8H18OS2Si/c1-8(9)11-7-10-5-6-12(2,3)4/h5-7H2,1-4H3. The summed E-state index contributed by atoms with van der Waals surface area (Å²) in [6.45, 7) is 8.77. The first-order valence-electron chi connectivity index (χ1n) is 4.13. The highest BCUT2D eigenvalue weighted by Gasteiger charge is 2.11. The van der Waals surface area contributed by atoms with Crippen LogP contribution in [0.3, 0.4) is 0 Å². The van der Waals surface area contributed by atoms with Crippen LogP contribution in [0.4, 0.5) is 0 Å². The molecule has 0 unspecified atom stereocenters. The van der Waals surface area contributed by atoms with Gasteiger partial charge in [-0.3, -0.25) is 4.79 Å². The van der Waals surface area contributed by atoms with E-state index in [0.717, 1.165) is 5.08 Å². The van der Waals surface area contributed by atoms with Crippen molar-refractivity contribution in [1.82, 2.24) is 0 Å². The summed E-state index contributed by atoms with van der Waals surface area (Å²) in [5.74, 6) is 1.22. The van der Waals surface area contributed by atoms with Crippen LogP contribution >= 0.6 is 23.5 Å². The van der Waals surface area contributed by atoms with Crippen molar-refractivity contribution in [2.24, 2.45) is 0 Å². The summed E-state index contributed by atoms with van der Waals surface area (Å²) in [7, 11) is -0.849. The first-order valence-corrected chi connectivity index (χ1v) is 9.98. The highest BCUT2D eigenvalue weighted by Crippen LogP contribution is 2.17. The Morgan fingerprint density at radius 3 is 2.33 bits per heavy atom. The molecule has 4 heteroatoms. The van der Waals surface area contributed by atoms with E-state index >= 15 is 0 Å². The molecular weight excluding hydrogens is 204 g/mol. The van der Waals surface area contributed by atoms with Gasteiger partial charge >= 0.3 is 0 Å². The second kappa shape index (κ2) is 6.10. The van der Waals surface area contributed by atoms with Crippen LogP contribution in [0.25, 0.3) is 0 Å². The van der Waals surface area contributed by atoms with Crippen molar-refractivity contribution in [1.29, 1.82) is 0 Å². The molecular formula is C8H18OS2Si. The molecule has 0 rings (SSSR count). The van der Waals surface area contributed by atoms with Crippen LogP contribution < -0.4 is 0 Å². The van der Waals surface area contributed by atoms with Gasteiger partial charge in [0, 0.05) is 20.1 Å². The van der Waals surface area contributed by atoms with E-state index in [0.29, 0.717) is 0 Å². The van der Waals surface area contributed by atoms with Crippen molar-refractivity contribution < 1.29 is 4.79 Å². The summed E-state index contributed by atoms with van der Waals surface area (Å²) in [4.78, 5) is 10.6. The molecule has 0 bridgehead atoms. The van der Waals surface area contributed by atoms with Gasteiger partial charge < -0.3 is 0 Å². The molecule has 0 spiro atoms. The van der Waals surface area contributed by atoms with Crippen LogP contribution in [0.1, 0.15) is 6.92 Å². The normalized spacial score (nSPS) is 11.7. The first-order chi connectivity index (χ1) is 5.42. The van der Waals surface area contributed by atoms with Crippen LogP contribution in [0, 0.1) is 0 Å². The van der Waals surface area contributed by atoms with E-state index in [9.17, 15) is 4.79 Å². The lowest BCUT2D eigenvalue weighted by Gasteiger charge is -2.14. The molecule has 72 valence electrons. The maximum Gasteiger partial charge on any atom is 0.186 e. The fourth-order valence-electron chi connectivity index (χ4n) is 0.562. The first kappa shape index (κ1) is 12.6. The van der Waals surface area contributed by atoms with Crippen LogP contribution in [0.2, 0.25) is 25.7 Å². The summed E-state index contributed by atoms with van der Waals surface area (Å²) in [5.41, 5.74) is 0. The van der Waals surface area contributed by atoms with Gasteiger partial charge in [0.2, 0.25) is 0 Å². The summed E-state index contributed by atoms with van der Waals surface area (Å²) in [5, 5.41) is 1.16. The number of rotatable bonds is 5. The summed E-state index contributed by atoms with van der Waals surface area (Å²) >= 11 is 3.31. The van der Waals surface area contributed by atoms with E-state index < -0.39 is 8.07 Å². The molecule has 12 heavy (non-hydrogen) atoms. The van der Waals surface area contributed by atoms with Gasteiger partial charge in [-0.05, 0) is 11.8 Å². The van der Waals surface area contributed by atoms with E-state index in [-0.39, 0.29) is 5.12 Å². The highest BCUT2D eigenvalue weighted by atomic mass is 32.2. The highest BCUT2D eigenvalue weighted by molar-refractivity contribution is 8.23. The molecule has 0 aromatic heterocycles. The average Bonchev–Trinajstić information content (AvgIpc) is 1.83. The molecule has 0 amide bonds. The minimum Gasteiger partial charge on any atom is -0.288 e. The van der Waals surface area contributed by atoms with Gasteiger partial charge in [0.05, 0.1) is 0 Å². The summed E-state index contributed by atoms with van der Waals surface area (Å²) < 4.78 is 0. The van der Waals surface area contributed by atoms with Crippen LogP contribution in [0.5, 0.6) is 0 Å². The molecule has 0 aliphatic carbocycles. The SMILES string of the molecule is CC(=O)SCSCC[Si](C)(C)C. The predicted molar refractivity (Wildman–Crippen MR) is 63.8 cm³/mol. The van der Waals surface area contributed by atoms with Gasteiger partial charge in [-0.25, -0.2) is 0 Å². The van der Waals surface area contributed by atoms with Crippen molar-refractivity contribution in [3.8, 4) is 0 Å². The zero-order chi connectivity index (χ0) is 9.61. The molecule has 0 heterocycles. The van der Waals surface area contributed by atoms with Crippen molar-refractivity contribution in [2.45, 2.75) is 32.6 Å². The molecule has 0 fully saturated rings. The monoisotopic (exact) mass is 222 g/mol. The van der Waals surface area contributed by atoms with Gasteiger partial charge in [0.15, 0.2) is 5.12 Å². The maximum absolute atomic E-state index is 10.6. The largest absolute Gasteiger partial charge is 0.288 e. The van der Waals surface area contributed by atoms with Crippen LogP contribution in [-0.4, -0.2) is 24.0 Å². The molecule has 0 radical (unpaired) electrons. The fraction of sp³-hybridized carbons (Fsp3) is 0.875. The average molecular weight is 222 g/mol.